The second kappa shape index (κ2) is 9.87. The van der Waals surface area contributed by atoms with Crippen molar-refractivity contribution < 1.29 is 0 Å². The van der Waals surface area contributed by atoms with E-state index in [0.29, 0.717) is 0 Å². The average Bonchev–Trinajstić information content (AvgIpc) is 2.46. The van der Waals surface area contributed by atoms with Gasteiger partial charge in [0.1, 0.15) is 0 Å². The maximum absolute atomic E-state index is 2.52. The Balaban J connectivity index is 2.51. The maximum atomic E-state index is 2.52. The number of hydrogen-bond donors (Lipinski definition) is 0. The average molecular weight is 290 g/mol. The summed E-state index contributed by atoms with van der Waals surface area (Å²) in [4.78, 5) is 2.52. The molecule has 0 aliphatic heterocycles. The lowest BCUT2D eigenvalue weighted by molar-refractivity contribution is 0.470. The SMILES string of the molecule is CCCCC(C)CCN(CC)c1ccc(CC(C)C)cc1. The molecule has 0 amide bonds. The lowest BCUT2D eigenvalue weighted by Crippen LogP contribution is -2.25. The van der Waals surface area contributed by atoms with Gasteiger partial charge >= 0.3 is 0 Å². The van der Waals surface area contributed by atoms with Crippen molar-refractivity contribution in [1.82, 2.24) is 0 Å². The first-order chi connectivity index (χ1) is 10.1. The molecule has 0 saturated carbocycles. The van der Waals surface area contributed by atoms with Crippen molar-refractivity contribution in [3.8, 4) is 0 Å². The summed E-state index contributed by atoms with van der Waals surface area (Å²) >= 11 is 0. The molecule has 0 saturated heterocycles. The Kier molecular flexibility index (Phi) is 8.49. The zero-order valence-electron chi connectivity index (χ0n) is 14.9. The van der Waals surface area contributed by atoms with E-state index in [4.69, 9.17) is 0 Å². The molecular formula is C20H35N. The number of rotatable bonds is 10. The molecule has 120 valence electrons. The molecule has 1 aromatic rings. The zero-order chi connectivity index (χ0) is 15.7. The molecule has 0 bridgehead atoms. The van der Waals surface area contributed by atoms with E-state index in [2.05, 4.69) is 63.8 Å². The normalized spacial score (nSPS) is 12.7. The van der Waals surface area contributed by atoms with Gasteiger partial charge in [-0.1, -0.05) is 59.1 Å². The number of anilines is 1. The van der Waals surface area contributed by atoms with E-state index in [0.717, 1.165) is 18.4 Å². The van der Waals surface area contributed by atoms with E-state index in [1.54, 1.807) is 0 Å². The Labute approximate surface area is 132 Å². The molecule has 1 rings (SSSR count). The summed E-state index contributed by atoms with van der Waals surface area (Å²) < 4.78 is 0. The number of benzene rings is 1. The standard InChI is InChI=1S/C20H35N/c1-6-8-9-18(5)14-15-21(7-2)20-12-10-19(11-13-20)16-17(3)4/h10-13,17-18H,6-9,14-16H2,1-5H3. The Bertz CT molecular complexity index is 366. The van der Waals surface area contributed by atoms with E-state index in [-0.39, 0.29) is 0 Å². The van der Waals surface area contributed by atoms with Crippen LogP contribution in [0.1, 0.15) is 65.9 Å². The van der Waals surface area contributed by atoms with Gasteiger partial charge in [-0.25, -0.2) is 0 Å². The predicted octanol–water partition coefficient (Wildman–Crippen LogP) is 5.93. The van der Waals surface area contributed by atoms with Crippen LogP contribution in [-0.2, 0) is 6.42 Å². The van der Waals surface area contributed by atoms with E-state index in [1.165, 1.54) is 49.9 Å². The summed E-state index contributed by atoms with van der Waals surface area (Å²) in [6.07, 6.45) is 6.56. The molecular weight excluding hydrogens is 254 g/mol. The van der Waals surface area contributed by atoms with Crippen molar-refractivity contribution in [2.75, 3.05) is 18.0 Å². The second-order valence-electron chi connectivity index (χ2n) is 6.88. The predicted molar refractivity (Wildman–Crippen MR) is 96.2 cm³/mol. The fourth-order valence-electron chi connectivity index (χ4n) is 2.86. The van der Waals surface area contributed by atoms with Crippen LogP contribution in [0.15, 0.2) is 24.3 Å². The Morgan fingerprint density at radius 2 is 1.62 bits per heavy atom. The lowest BCUT2D eigenvalue weighted by atomic mass is 10.00. The van der Waals surface area contributed by atoms with Gasteiger partial charge in [-0.3, -0.25) is 0 Å². The van der Waals surface area contributed by atoms with Gasteiger partial charge in [-0.2, -0.15) is 0 Å². The summed E-state index contributed by atoms with van der Waals surface area (Å²) in [5.41, 5.74) is 2.84. The highest BCUT2D eigenvalue weighted by atomic mass is 15.1. The largest absolute Gasteiger partial charge is 0.372 e. The highest BCUT2D eigenvalue weighted by Crippen LogP contribution is 2.19. The first kappa shape index (κ1) is 18.1. The van der Waals surface area contributed by atoms with E-state index >= 15 is 0 Å². The van der Waals surface area contributed by atoms with E-state index < -0.39 is 0 Å². The monoisotopic (exact) mass is 289 g/mol. The van der Waals surface area contributed by atoms with Crippen LogP contribution >= 0.6 is 0 Å². The molecule has 0 aromatic heterocycles. The first-order valence-corrected chi connectivity index (χ1v) is 8.90. The zero-order valence-corrected chi connectivity index (χ0v) is 14.9. The molecule has 1 nitrogen and oxygen atoms in total. The van der Waals surface area contributed by atoms with E-state index in [9.17, 15) is 0 Å². The topological polar surface area (TPSA) is 3.24 Å². The van der Waals surface area contributed by atoms with Crippen LogP contribution in [0.2, 0.25) is 0 Å². The van der Waals surface area contributed by atoms with Gasteiger partial charge in [0.05, 0.1) is 0 Å². The number of nitrogens with zero attached hydrogens (tertiary/aromatic N) is 1. The molecule has 0 radical (unpaired) electrons. The maximum Gasteiger partial charge on any atom is 0.0366 e. The van der Waals surface area contributed by atoms with Gasteiger partial charge in [0, 0.05) is 18.8 Å². The van der Waals surface area contributed by atoms with E-state index in [1.807, 2.05) is 0 Å². The van der Waals surface area contributed by atoms with Gasteiger partial charge < -0.3 is 4.90 Å². The fourth-order valence-corrected chi connectivity index (χ4v) is 2.86. The van der Waals surface area contributed by atoms with Gasteiger partial charge in [0.2, 0.25) is 0 Å². The minimum atomic E-state index is 0.734. The van der Waals surface area contributed by atoms with Crippen molar-refractivity contribution in [2.24, 2.45) is 11.8 Å². The van der Waals surface area contributed by atoms with Crippen molar-refractivity contribution in [1.29, 1.82) is 0 Å². The molecule has 1 atom stereocenters. The molecule has 0 spiro atoms. The fraction of sp³-hybridized carbons (Fsp3) is 0.700. The van der Waals surface area contributed by atoms with Crippen molar-refractivity contribution in [2.45, 2.75) is 66.7 Å². The molecule has 1 unspecified atom stereocenters. The Morgan fingerprint density at radius 1 is 0.952 bits per heavy atom. The molecule has 0 aliphatic carbocycles. The minimum Gasteiger partial charge on any atom is -0.372 e. The van der Waals surface area contributed by atoms with Crippen LogP contribution in [0.3, 0.4) is 0 Å². The van der Waals surface area contributed by atoms with Gasteiger partial charge in [-0.15, -0.1) is 0 Å². The quantitative estimate of drug-likeness (QED) is 0.516. The molecule has 1 heteroatoms. The smallest absolute Gasteiger partial charge is 0.0366 e. The number of unbranched alkanes of at least 4 members (excludes halogenated alkanes) is 1. The third-order valence-corrected chi connectivity index (χ3v) is 4.27. The summed E-state index contributed by atoms with van der Waals surface area (Å²) in [6, 6.07) is 9.22. The molecule has 0 aliphatic rings. The minimum absolute atomic E-state index is 0.734. The van der Waals surface area contributed by atoms with Gasteiger partial charge in [0.15, 0.2) is 0 Å². The van der Waals surface area contributed by atoms with Crippen LogP contribution in [-0.4, -0.2) is 13.1 Å². The van der Waals surface area contributed by atoms with Crippen LogP contribution < -0.4 is 4.90 Å². The summed E-state index contributed by atoms with van der Waals surface area (Å²) in [7, 11) is 0. The van der Waals surface area contributed by atoms with Crippen molar-refractivity contribution in [3.05, 3.63) is 29.8 Å². The molecule has 0 heterocycles. The highest BCUT2D eigenvalue weighted by molar-refractivity contribution is 5.47. The summed E-state index contributed by atoms with van der Waals surface area (Å²) in [5, 5.41) is 0. The van der Waals surface area contributed by atoms with Crippen molar-refractivity contribution >= 4 is 5.69 Å². The molecule has 0 fully saturated rings. The van der Waals surface area contributed by atoms with Gasteiger partial charge in [-0.05, 0) is 49.3 Å². The summed E-state index contributed by atoms with van der Waals surface area (Å²) in [5.74, 6) is 1.58. The van der Waals surface area contributed by atoms with Crippen LogP contribution in [0.5, 0.6) is 0 Å². The Morgan fingerprint density at radius 3 is 2.14 bits per heavy atom. The second-order valence-corrected chi connectivity index (χ2v) is 6.88. The Hall–Kier alpha value is -0.980. The molecule has 1 aromatic carbocycles. The van der Waals surface area contributed by atoms with Crippen LogP contribution in [0.25, 0.3) is 0 Å². The number of hydrogen-bond acceptors (Lipinski definition) is 1. The van der Waals surface area contributed by atoms with Crippen molar-refractivity contribution in [3.63, 3.8) is 0 Å². The van der Waals surface area contributed by atoms with Gasteiger partial charge in [0.25, 0.3) is 0 Å². The lowest BCUT2D eigenvalue weighted by Gasteiger charge is -2.25. The van der Waals surface area contributed by atoms with Crippen LogP contribution in [0, 0.1) is 11.8 Å². The first-order valence-electron chi connectivity index (χ1n) is 8.90. The highest BCUT2D eigenvalue weighted by Gasteiger charge is 2.08. The summed E-state index contributed by atoms with van der Waals surface area (Å²) in [6.45, 7) is 13.8. The molecule has 0 N–H and O–H groups in total. The molecule has 21 heavy (non-hydrogen) atoms. The third-order valence-electron chi connectivity index (χ3n) is 4.27. The third kappa shape index (κ3) is 7.02. The van der Waals surface area contributed by atoms with Crippen LogP contribution in [0.4, 0.5) is 5.69 Å².